The second-order valence-corrected chi connectivity index (χ2v) is 5.43. The average Bonchev–Trinajstić information content (AvgIpc) is 2.39. The quantitative estimate of drug-likeness (QED) is 0.797. The zero-order valence-electron chi connectivity index (χ0n) is 10.3. The molecule has 0 aliphatic carbocycles. The van der Waals surface area contributed by atoms with E-state index in [-0.39, 0.29) is 17.6 Å². The van der Waals surface area contributed by atoms with Gasteiger partial charge in [-0.2, -0.15) is 11.8 Å². The minimum Gasteiger partial charge on any atom is -0.322 e. The lowest BCUT2D eigenvalue weighted by atomic mass is 9.99. The first-order valence-electron chi connectivity index (χ1n) is 5.55. The van der Waals surface area contributed by atoms with Crippen molar-refractivity contribution in [3.05, 3.63) is 0 Å². The number of nitrogens with zero attached hydrogens (tertiary/aromatic N) is 1. The number of nitrogens with one attached hydrogen (secondary N) is 1. The van der Waals surface area contributed by atoms with Crippen LogP contribution in [0, 0.1) is 0 Å². The first kappa shape index (κ1) is 12.8. The van der Waals surface area contributed by atoms with Crippen LogP contribution in [0.2, 0.25) is 0 Å². The highest BCUT2D eigenvalue weighted by Crippen LogP contribution is 2.25. The molecule has 0 spiro atoms. The number of amides is 1. The van der Waals surface area contributed by atoms with Crippen molar-refractivity contribution in [2.75, 3.05) is 12.0 Å². The van der Waals surface area contributed by atoms with Crippen molar-refractivity contribution < 1.29 is 4.79 Å². The van der Waals surface area contributed by atoms with E-state index in [9.17, 15) is 4.79 Å². The molecule has 1 saturated heterocycles. The van der Waals surface area contributed by atoms with Crippen LogP contribution in [-0.4, -0.2) is 40.6 Å². The van der Waals surface area contributed by atoms with Crippen LogP contribution in [0.3, 0.4) is 0 Å². The minimum absolute atomic E-state index is 0.157. The lowest BCUT2D eigenvalue weighted by Crippen LogP contribution is -2.44. The van der Waals surface area contributed by atoms with Crippen molar-refractivity contribution in [3.8, 4) is 0 Å². The molecule has 3 unspecified atom stereocenters. The van der Waals surface area contributed by atoms with Crippen LogP contribution < -0.4 is 5.32 Å². The first-order chi connectivity index (χ1) is 6.96. The third-order valence-electron chi connectivity index (χ3n) is 3.24. The van der Waals surface area contributed by atoms with Crippen LogP contribution in [0.25, 0.3) is 0 Å². The molecule has 3 nitrogen and oxygen atoms in total. The number of hydrogen-bond acceptors (Lipinski definition) is 3. The van der Waals surface area contributed by atoms with Gasteiger partial charge in [0.05, 0.1) is 11.7 Å². The summed E-state index contributed by atoms with van der Waals surface area (Å²) >= 11 is 1.79. The van der Waals surface area contributed by atoms with Crippen LogP contribution in [0.5, 0.6) is 0 Å². The van der Waals surface area contributed by atoms with Gasteiger partial charge < -0.3 is 4.90 Å². The molecule has 1 aliphatic heterocycles. The molecule has 0 aromatic heterocycles. The van der Waals surface area contributed by atoms with E-state index in [4.69, 9.17) is 0 Å². The summed E-state index contributed by atoms with van der Waals surface area (Å²) in [6.45, 7) is 8.24. The summed E-state index contributed by atoms with van der Waals surface area (Å²) in [5.41, 5.74) is -0.355. The van der Waals surface area contributed by atoms with Crippen molar-refractivity contribution in [3.63, 3.8) is 0 Å². The van der Waals surface area contributed by atoms with E-state index >= 15 is 0 Å². The van der Waals surface area contributed by atoms with E-state index < -0.39 is 0 Å². The molecule has 0 saturated carbocycles. The maximum absolute atomic E-state index is 12.2. The predicted molar refractivity (Wildman–Crippen MR) is 66.0 cm³/mol. The van der Waals surface area contributed by atoms with E-state index in [1.54, 1.807) is 11.8 Å². The van der Waals surface area contributed by atoms with Gasteiger partial charge in [0.1, 0.15) is 0 Å². The van der Waals surface area contributed by atoms with E-state index in [2.05, 4.69) is 32.3 Å². The molecule has 1 aliphatic rings. The molecule has 1 N–H and O–H groups in total. The van der Waals surface area contributed by atoms with Gasteiger partial charge in [0.2, 0.25) is 5.91 Å². The summed E-state index contributed by atoms with van der Waals surface area (Å²) in [5, 5.41) is 3.39. The van der Waals surface area contributed by atoms with Crippen LogP contribution in [0.1, 0.15) is 34.1 Å². The third kappa shape index (κ3) is 2.31. The zero-order valence-corrected chi connectivity index (χ0v) is 11.1. The van der Waals surface area contributed by atoms with E-state index in [0.717, 1.165) is 12.2 Å². The normalized spacial score (nSPS) is 33.5. The first-order valence-corrected chi connectivity index (χ1v) is 6.95. The van der Waals surface area contributed by atoms with Crippen LogP contribution in [0.15, 0.2) is 0 Å². The molecule has 0 aromatic carbocycles. The highest BCUT2D eigenvalue weighted by Gasteiger charge is 2.46. The molecule has 0 bridgehead atoms. The van der Waals surface area contributed by atoms with Gasteiger partial charge in [-0.25, -0.2) is 0 Å². The fraction of sp³-hybridized carbons (Fsp3) is 0.909. The fourth-order valence-corrected chi connectivity index (χ4v) is 2.85. The summed E-state index contributed by atoms with van der Waals surface area (Å²) < 4.78 is 0. The number of thioether (sulfide) groups is 1. The van der Waals surface area contributed by atoms with Crippen LogP contribution in [0.4, 0.5) is 0 Å². The highest BCUT2D eigenvalue weighted by molar-refractivity contribution is 7.98. The van der Waals surface area contributed by atoms with Gasteiger partial charge in [0.25, 0.3) is 0 Å². The molecule has 1 fully saturated rings. The Kier molecular flexibility index (Phi) is 4.06. The Bertz CT molecular complexity index is 243. The van der Waals surface area contributed by atoms with Crippen molar-refractivity contribution >= 4 is 17.7 Å². The second-order valence-electron chi connectivity index (χ2n) is 4.52. The Hall–Kier alpha value is -0.220. The molecule has 1 amide bonds. The van der Waals surface area contributed by atoms with Crippen molar-refractivity contribution in [2.24, 2.45) is 0 Å². The van der Waals surface area contributed by atoms with Crippen LogP contribution in [-0.2, 0) is 4.79 Å². The molecular formula is C11H22N2OS. The topological polar surface area (TPSA) is 32.3 Å². The maximum Gasteiger partial charge on any atom is 0.244 e. The summed E-state index contributed by atoms with van der Waals surface area (Å²) in [4.78, 5) is 14.2. The Balaban J connectivity index is 2.79. The molecule has 0 aromatic rings. The third-order valence-corrected chi connectivity index (χ3v) is 4.06. The Labute approximate surface area is 97.0 Å². The Morgan fingerprint density at radius 1 is 1.67 bits per heavy atom. The van der Waals surface area contributed by atoms with E-state index in [1.165, 1.54) is 0 Å². The van der Waals surface area contributed by atoms with E-state index in [0.29, 0.717) is 6.04 Å². The number of carbonyl (C=O) groups is 1. The standard InChI is InChI=1S/C11H22N2OS/c1-6-11(4)10(14)13(9(3)12-11)8(2)7-15-5/h8-9,12H,6-7H2,1-5H3. The number of hydrogen-bond donors (Lipinski definition) is 1. The van der Waals surface area contributed by atoms with Crippen molar-refractivity contribution in [1.29, 1.82) is 0 Å². The fourth-order valence-electron chi connectivity index (χ4n) is 2.21. The van der Waals surface area contributed by atoms with Gasteiger partial charge >= 0.3 is 0 Å². The number of carbonyl (C=O) groups excluding carboxylic acids is 1. The summed E-state index contributed by atoms with van der Waals surface area (Å²) in [6.07, 6.45) is 3.08. The molecule has 88 valence electrons. The average molecular weight is 230 g/mol. The van der Waals surface area contributed by atoms with Gasteiger partial charge in [-0.1, -0.05) is 6.92 Å². The second kappa shape index (κ2) is 4.74. The molecule has 0 radical (unpaired) electrons. The molecule has 1 rings (SSSR count). The largest absolute Gasteiger partial charge is 0.322 e. The summed E-state index contributed by atoms with van der Waals surface area (Å²) in [5.74, 6) is 1.25. The molecule has 1 heterocycles. The summed E-state index contributed by atoms with van der Waals surface area (Å²) in [7, 11) is 0. The smallest absolute Gasteiger partial charge is 0.244 e. The lowest BCUT2D eigenvalue weighted by Gasteiger charge is -2.28. The zero-order chi connectivity index (χ0) is 11.6. The number of rotatable bonds is 4. The van der Waals surface area contributed by atoms with Gasteiger partial charge in [-0.05, 0) is 33.4 Å². The van der Waals surface area contributed by atoms with Gasteiger partial charge in [0.15, 0.2) is 0 Å². The van der Waals surface area contributed by atoms with Crippen LogP contribution >= 0.6 is 11.8 Å². The van der Waals surface area contributed by atoms with Crippen molar-refractivity contribution in [1.82, 2.24) is 10.2 Å². The predicted octanol–water partition coefficient (Wildman–Crippen LogP) is 1.68. The highest BCUT2D eigenvalue weighted by atomic mass is 32.2. The molecule has 4 heteroatoms. The van der Waals surface area contributed by atoms with Gasteiger partial charge in [-0.15, -0.1) is 0 Å². The van der Waals surface area contributed by atoms with E-state index in [1.807, 2.05) is 11.8 Å². The monoisotopic (exact) mass is 230 g/mol. The van der Waals surface area contributed by atoms with Gasteiger partial charge in [-0.3, -0.25) is 10.1 Å². The maximum atomic E-state index is 12.2. The lowest BCUT2D eigenvalue weighted by molar-refractivity contribution is -0.134. The minimum atomic E-state index is -0.355. The molecule has 15 heavy (non-hydrogen) atoms. The Morgan fingerprint density at radius 2 is 2.27 bits per heavy atom. The molecular weight excluding hydrogens is 208 g/mol. The Morgan fingerprint density at radius 3 is 2.67 bits per heavy atom. The SMILES string of the molecule is CCC1(C)NC(C)N(C(C)CSC)C1=O. The van der Waals surface area contributed by atoms with Crippen molar-refractivity contribution in [2.45, 2.75) is 51.9 Å². The summed E-state index contributed by atoms with van der Waals surface area (Å²) in [6, 6.07) is 0.309. The van der Waals surface area contributed by atoms with Gasteiger partial charge in [0, 0.05) is 11.8 Å². The molecule has 3 atom stereocenters.